The Morgan fingerprint density at radius 3 is 2.27 bits per heavy atom. The van der Waals surface area contributed by atoms with Gasteiger partial charge in [0.15, 0.2) is 0 Å². The van der Waals surface area contributed by atoms with Gasteiger partial charge in [-0.05, 0) is 52.8 Å². The molecule has 4 heteroatoms. The summed E-state index contributed by atoms with van der Waals surface area (Å²) in [7, 11) is 0. The number of carbonyl (C=O) groups is 1. The molecule has 0 spiro atoms. The molecule has 1 aliphatic heterocycles. The number of carboxylic acid groups (broad SMARTS) is 1. The van der Waals surface area contributed by atoms with Gasteiger partial charge >= 0.3 is 5.97 Å². The first-order valence-electron chi connectivity index (χ1n) is 10.5. The number of aliphatic carboxylic acids is 1. The van der Waals surface area contributed by atoms with Crippen LogP contribution in [0.3, 0.4) is 0 Å². The molecule has 3 aromatic carbocycles. The molecule has 1 heterocycles. The van der Waals surface area contributed by atoms with Gasteiger partial charge in [-0.2, -0.15) is 0 Å². The number of rotatable bonds is 8. The Morgan fingerprint density at radius 2 is 1.53 bits per heavy atom. The van der Waals surface area contributed by atoms with Crippen molar-refractivity contribution in [2.24, 2.45) is 0 Å². The van der Waals surface area contributed by atoms with Gasteiger partial charge in [0.1, 0.15) is 12.4 Å². The van der Waals surface area contributed by atoms with Crippen molar-refractivity contribution in [3.8, 4) is 5.75 Å². The van der Waals surface area contributed by atoms with Gasteiger partial charge in [-0.1, -0.05) is 60.7 Å². The molecule has 0 radical (unpaired) electrons. The molecule has 30 heavy (non-hydrogen) atoms. The standard InChI is InChI=1S/C26H27NO3/c28-26(29)14-11-20-9-12-25(13-10-20)30-19-22-7-5-21(6-8-22)17-27-16-15-23-3-1-2-4-24(23)18-27/h1-10,12-13H,11,14-19H2,(H,28,29). The van der Waals surface area contributed by atoms with E-state index in [1.54, 1.807) is 0 Å². The fourth-order valence-electron chi connectivity index (χ4n) is 3.86. The lowest BCUT2D eigenvalue weighted by atomic mass is 9.99. The number of aryl methyl sites for hydroxylation is 1. The quantitative estimate of drug-likeness (QED) is 0.587. The third kappa shape index (κ3) is 5.49. The predicted octanol–water partition coefficient (Wildman–Crippen LogP) is 4.84. The average molecular weight is 402 g/mol. The van der Waals surface area contributed by atoms with E-state index in [1.807, 2.05) is 24.3 Å². The maximum atomic E-state index is 10.7. The molecule has 0 atom stereocenters. The van der Waals surface area contributed by atoms with Crippen LogP contribution in [-0.4, -0.2) is 22.5 Å². The topological polar surface area (TPSA) is 49.8 Å². The molecule has 0 aromatic heterocycles. The zero-order valence-corrected chi connectivity index (χ0v) is 17.1. The number of nitrogens with zero attached hydrogens (tertiary/aromatic N) is 1. The van der Waals surface area contributed by atoms with Gasteiger partial charge in [0, 0.05) is 26.1 Å². The van der Waals surface area contributed by atoms with Crippen LogP contribution in [0.15, 0.2) is 72.8 Å². The van der Waals surface area contributed by atoms with Gasteiger partial charge in [0.2, 0.25) is 0 Å². The van der Waals surface area contributed by atoms with Crippen molar-refractivity contribution in [1.29, 1.82) is 0 Å². The summed E-state index contributed by atoms with van der Waals surface area (Å²) in [6, 6.07) is 25.0. The normalized spacial score (nSPS) is 13.6. The van der Waals surface area contributed by atoms with E-state index in [1.165, 1.54) is 16.7 Å². The molecule has 0 unspecified atom stereocenters. The predicted molar refractivity (Wildman–Crippen MR) is 117 cm³/mol. The third-order valence-electron chi connectivity index (χ3n) is 5.60. The Balaban J connectivity index is 1.26. The summed E-state index contributed by atoms with van der Waals surface area (Å²) >= 11 is 0. The van der Waals surface area contributed by atoms with Crippen LogP contribution in [0.4, 0.5) is 0 Å². The first-order valence-corrected chi connectivity index (χ1v) is 10.5. The number of hydrogen-bond acceptors (Lipinski definition) is 3. The van der Waals surface area contributed by atoms with E-state index in [-0.39, 0.29) is 6.42 Å². The number of ether oxygens (including phenoxy) is 1. The van der Waals surface area contributed by atoms with Crippen LogP contribution in [0.25, 0.3) is 0 Å². The van der Waals surface area contributed by atoms with Crippen molar-refractivity contribution in [2.45, 2.75) is 39.0 Å². The Labute approximate surface area is 177 Å². The maximum Gasteiger partial charge on any atom is 0.303 e. The molecule has 0 bridgehead atoms. The molecule has 0 saturated carbocycles. The summed E-state index contributed by atoms with van der Waals surface area (Å²) in [5.74, 6) is 0.0222. The first-order chi connectivity index (χ1) is 14.7. The number of hydrogen-bond donors (Lipinski definition) is 1. The van der Waals surface area contributed by atoms with Crippen molar-refractivity contribution < 1.29 is 14.6 Å². The molecular formula is C26H27NO3. The zero-order valence-electron chi connectivity index (χ0n) is 17.1. The third-order valence-corrected chi connectivity index (χ3v) is 5.60. The second kappa shape index (κ2) is 9.59. The lowest BCUT2D eigenvalue weighted by molar-refractivity contribution is -0.136. The van der Waals surface area contributed by atoms with E-state index in [0.717, 1.165) is 42.9 Å². The van der Waals surface area contributed by atoms with Crippen LogP contribution in [0.1, 0.15) is 34.2 Å². The van der Waals surface area contributed by atoms with Crippen molar-refractivity contribution in [1.82, 2.24) is 4.90 Å². The van der Waals surface area contributed by atoms with Crippen molar-refractivity contribution in [3.05, 3.63) is 101 Å². The number of fused-ring (bicyclic) bond motifs is 1. The van der Waals surface area contributed by atoms with Crippen LogP contribution < -0.4 is 4.74 Å². The average Bonchev–Trinajstić information content (AvgIpc) is 2.78. The maximum absolute atomic E-state index is 10.7. The fourth-order valence-corrected chi connectivity index (χ4v) is 3.86. The minimum absolute atomic E-state index is 0.149. The Bertz CT molecular complexity index is 980. The van der Waals surface area contributed by atoms with Gasteiger partial charge in [-0.25, -0.2) is 0 Å². The molecule has 0 saturated heterocycles. The highest BCUT2D eigenvalue weighted by molar-refractivity contribution is 5.67. The first kappa shape index (κ1) is 20.2. The number of carboxylic acids is 1. The highest BCUT2D eigenvalue weighted by atomic mass is 16.5. The molecule has 1 N–H and O–H groups in total. The van der Waals surface area contributed by atoms with E-state index in [2.05, 4.69) is 53.4 Å². The second-order valence-corrected chi connectivity index (χ2v) is 7.87. The van der Waals surface area contributed by atoms with Gasteiger partial charge in [-0.3, -0.25) is 9.69 Å². The van der Waals surface area contributed by atoms with Crippen molar-refractivity contribution in [3.63, 3.8) is 0 Å². The van der Waals surface area contributed by atoms with E-state index in [4.69, 9.17) is 9.84 Å². The molecule has 3 aromatic rings. The largest absolute Gasteiger partial charge is 0.489 e. The molecule has 1 aliphatic rings. The van der Waals surface area contributed by atoms with E-state index >= 15 is 0 Å². The summed E-state index contributed by atoms with van der Waals surface area (Å²) in [5, 5.41) is 8.76. The Hall–Kier alpha value is -3.11. The highest BCUT2D eigenvalue weighted by Crippen LogP contribution is 2.21. The van der Waals surface area contributed by atoms with Gasteiger partial charge < -0.3 is 9.84 Å². The molecule has 154 valence electrons. The Morgan fingerprint density at radius 1 is 0.867 bits per heavy atom. The molecule has 0 amide bonds. The second-order valence-electron chi connectivity index (χ2n) is 7.87. The summed E-state index contributed by atoms with van der Waals surface area (Å²) in [4.78, 5) is 13.2. The van der Waals surface area contributed by atoms with Crippen molar-refractivity contribution in [2.75, 3.05) is 6.54 Å². The van der Waals surface area contributed by atoms with E-state index < -0.39 is 5.97 Å². The molecule has 4 nitrogen and oxygen atoms in total. The summed E-state index contributed by atoms with van der Waals surface area (Å²) in [6.07, 6.45) is 1.81. The van der Waals surface area contributed by atoms with Crippen LogP contribution in [-0.2, 0) is 37.3 Å². The Kier molecular flexibility index (Phi) is 6.45. The summed E-state index contributed by atoms with van der Waals surface area (Å²) in [5.41, 5.74) is 6.40. The fraction of sp³-hybridized carbons (Fsp3) is 0.269. The van der Waals surface area contributed by atoms with E-state index in [9.17, 15) is 4.79 Å². The van der Waals surface area contributed by atoms with Crippen molar-refractivity contribution >= 4 is 5.97 Å². The number of benzene rings is 3. The zero-order chi connectivity index (χ0) is 20.8. The lowest BCUT2D eigenvalue weighted by Gasteiger charge is -2.28. The van der Waals surface area contributed by atoms with Crippen LogP contribution in [0, 0.1) is 0 Å². The molecule has 0 aliphatic carbocycles. The van der Waals surface area contributed by atoms with Gasteiger partial charge in [0.05, 0.1) is 0 Å². The molecule has 4 rings (SSSR count). The highest BCUT2D eigenvalue weighted by Gasteiger charge is 2.15. The van der Waals surface area contributed by atoms with E-state index in [0.29, 0.717) is 13.0 Å². The van der Waals surface area contributed by atoms with Crippen LogP contribution >= 0.6 is 0 Å². The minimum atomic E-state index is -0.774. The molecular weight excluding hydrogens is 374 g/mol. The summed E-state index contributed by atoms with van der Waals surface area (Å²) in [6.45, 7) is 3.60. The smallest absolute Gasteiger partial charge is 0.303 e. The minimum Gasteiger partial charge on any atom is -0.489 e. The SMILES string of the molecule is O=C(O)CCc1ccc(OCc2ccc(CN3CCc4ccccc4C3)cc2)cc1. The van der Waals surface area contributed by atoms with Crippen LogP contribution in [0.2, 0.25) is 0 Å². The monoisotopic (exact) mass is 401 g/mol. The summed E-state index contributed by atoms with van der Waals surface area (Å²) < 4.78 is 5.87. The van der Waals surface area contributed by atoms with Gasteiger partial charge in [-0.15, -0.1) is 0 Å². The lowest BCUT2D eigenvalue weighted by Crippen LogP contribution is -2.29. The van der Waals surface area contributed by atoms with Gasteiger partial charge in [0.25, 0.3) is 0 Å². The van der Waals surface area contributed by atoms with Crippen LogP contribution in [0.5, 0.6) is 5.75 Å². The molecule has 0 fully saturated rings.